The zero-order valence-corrected chi connectivity index (χ0v) is 21.2. The highest BCUT2D eigenvalue weighted by Gasteiger charge is 2.32. The van der Waals surface area contributed by atoms with Crippen molar-refractivity contribution in [1.82, 2.24) is 5.32 Å². The summed E-state index contributed by atoms with van der Waals surface area (Å²) in [5.41, 5.74) is 2.39. The number of ether oxygens (including phenoxy) is 1. The molecule has 0 heterocycles. The molecule has 32 heavy (non-hydrogen) atoms. The van der Waals surface area contributed by atoms with Gasteiger partial charge < -0.3 is 10.1 Å². The van der Waals surface area contributed by atoms with Crippen LogP contribution in [0.5, 0.6) is 5.75 Å². The SMILES string of the molecule is CCC(C(=O)NCCOc1ccc(C(C)(C)C)cc1)N(c1cc(Cl)ccc1C)S(C)(=O)=O. The highest BCUT2D eigenvalue weighted by molar-refractivity contribution is 7.92. The van der Waals surface area contributed by atoms with E-state index < -0.39 is 16.1 Å². The van der Waals surface area contributed by atoms with Crippen molar-refractivity contribution in [3.63, 3.8) is 0 Å². The van der Waals surface area contributed by atoms with Crippen LogP contribution in [0.15, 0.2) is 42.5 Å². The smallest absolute Gasteiger partial charge is 0.244 e. The van der Waals surface area contributed by atoms with Gasteiger partial charge in [-0.05, 0) is 54.2 Å². The summed E-state index contributed by atoms with van der Waals surface area (Å²) in [6.07, 6.45) is 1.40. The molecule has 0 radical (unpaired) electrons. The Kier molecular flexibility index (Phi) is 8.60. The van der Waals surface area contributed by atoms with Crippen molar-refractivity contribution >= 4 is 33.2 Å². The van der Waals surface area contributed by atoms with E-state index in [0.717, 1.165) is 10.6 Å². The van der Waals surface area contributed by atoms with Crippen LogP contribution in [0.3, 0.4) is 0 Å². The maximum Gasteiger partial charge on any atom is 0.244 e. The topological polar surface area (TPSA) is 75.7 Å². The molecule has 2 rings (SSSR count). The summed E-state index contributed by atoms with van der Waals surface area (Å²) in [7, 11) is -3.72. The van der Waals surface area contributed by atoms with E-state index in [1.807, 2.05) is 24.3 Å². The molecule has 0 saturated heterocycles. The van der Waals surface area contributed by atoms with E-state index >= 15 is 0 Å². The van der Waals surface area contributed by atoms with Crippen LogP contribution in [-0.4, -0.2) is 39.8 Å². The van der Waals surface area contributed by atoms with E-state index in [1.165, 1.54) is 5.56 Å². The average molecular weight is 481 g/mol. The molecule has 1 amide bonds. The first-order chi connectivity index (χ1) is 14.8. The number of anilines is 1. The molecule has 176 valence electrons. The van der Waals surface area contributed by atoms with E-state index in [-0.39, 0.29) is 24.5 Å². The molecule has 1 N–H and O–H groups in total. The third-order valence-electron chi connectivity index (χ3n) is 5.13. The number of amides is 1. The molecule has 0 saturated carbocycles. The standard InChI is InChI=1S/C24H33ClN2O4S/c1-7-21(27(32(6,29)30)22-16-19(25)11-8-17(22)2)23(28)26-14-15-31-20-12-9-18(10-13-20)24(3,4)5/h8-13,16,21H,7,14-15H2,1-6H3,(H,26,28). The zero-order chi connectivity index (χ0) is 24.1. The van der Waals surface area contributed by atoms with Gasteiger partial charge in [0, 0.05) is 5.02 Å². The number of carbonyl (C=O) groups is 1. The number of aryl methyl sites for hydroxylation is 1. The van der Waals surface area contributed by atoms with Gasteiger partial charge in [0.05, 0.1) is 18.5 Å². The highest BCUT2D eigenvalue weighted by atomic mass is 35.5. The molecule has 0 aliphatic rings. The van der Waals surface area contributed by atoms with Gasteiger partial charge in [-0.25, -0.2) is 8.42 Å². The van der Waals surface area contributed by atoms with Gasteiger partial charge in [0.2, 0.25) is 15.9 Å². The lowest BCUT2D eigenvalue weighted by molar-refractivity contribution is -0.122. The Morgan fingerprint density at radius 2 is 1.78 bits per heavy atom. The molecule has 1 unspecified atom stereocenters. The first-order valence-corrected chi connectivity index (χ1v) is 12.8. The van der Waals surface area contributed by atoms with Gasteiger partial charge >= 0.3 is 0 Å². The minimum atomic E-state index is -3.72. The second-order valence-electron chi connectivity index (χ2n) is 8.83. The Labute approximate surface area is 197 Å². The fourth-order valence-corrected chi connectivity index (χ4v) is 4.79. The van der Waals surface area contributed by atoms with E-state index in [4.69, 9.17) is 16.3 Å². The summed E-state index contributed by atoms with van der Waals surface area (Å²) in [5.74, 6) is 0.329. The summed E-state index contributed by atoms with van der Waals surface area (Å²) in [4.78, 5) is 12.9. The minimum absolute atomic E-state index is 0.0640. The lowest BCUT2D eigenvalue weighted by Gasteiger charge is -2.31. The number of carbonyl (C=O) groups excluding carboxylic acids is 1. The van der Waals surface area contributed by atoms with Crippen molar-refractivity contribution in [3.05, 3.63) is 58.6 Å². The summed E-state index contributed by atoms with van der Waals surface area (Å²) in [5, 5.41) is 3.20. The van der Waals surface area contributed by atoms with Crippen molar-refractivity contribution < 1.29 is 17.9 Å². The monoisotopic (exact) mass is 480 g/mol. The van der Waals surface area contributed by atoms with Gasteiger partial charge in [-0.2, -0.15) is 0 Å². The quantitative estimate of drug-likeness (QED) is 0.528. The molecule has 0 spiro atoms. The molecular weight excluding hydrogens is 448 g/mol. The third kappa shape index (κ3) is 6.87. The normalized spacial score (nSPS) is 12.8. The second kappa shape index (κ2) is 10.6. The first-order valence-electron chi connectivity index (χ1n) is 10.6. The molecule has 6 nitrogen and oxygen atoms in total. The number of hydrogen-bond acceptors (Lipinski definition) is 4. The fourth-order valence-electron chi connectivity index (χ4n) is 3.37. The van der Waals surface area contributed by atoms with Crippen molar-refractivity contribution in [1.29, 1.82) is 0 Å². The van der Waals surface area contributed by atoms with E-state index in [2.05, 4.69) is 26.1 Å². The Morgan fingerprint density at radius 1 is 1.16 bits per heavy atom. The third-order valence-corrected chi connectivity index (χ3v) is 6.53. The van der Waals surface area contributed by atoms with Crippen LogP contribution < -0.4 is 14.4 Å². The van der Waals surface area contributed by atoms with E-state index in [1.54, 1.807) is 32.0 Å². The van der Waals surface area contributed by atoms with E-state index in [9.17, 15) is 13.2 Å². The Hall–Kier alpha value is -2.25. The summed E-state index contributed by atoms with van der Waals surface area (Å²) >= 11 is 6.10. The predicted octanol–water partition coefficient (Wildman–Crippen LogP) is 4.69. The van der Waals surface area contributed by atoms with Crippen LogP contribution >= 0.6 is 11.6 Å². The molecule has 8 heteroatoms. The number of sulfonamides is 1. The number of nitrogens with zero attached hydrogens (tertiary/aromatic N) is 1. The van der Waals surface area contributed by atoms with Crippen LogP contribution in [0.4, 0.5) is 5.69 Å². The maximum absolute atomic E-state index is 12.9. The fraction of sp³-hybridized carbons (Fsp3) is 0.458. The number of hydrogen-bond donors (Lipinski definition) is 1. The number of rotatable bonds is 9. The van der Waals surface area contributed by atoms with Gasteiger partial charge in [0.25, 0.3) is 0 Å². The van der Waals surface area contributed by atoms with Crippen molar-refractivity contribution in [3.8, 4) is 5.75 Å². The number of benzene rings is 2. The van der Waals surface area contributed by atoms with Crippen LogP contribution in [0, 0.1) is 6.92 Å². The molecule has 0 aromatic heterocycles. The summed E-state index contributed by atoms with van der Waals surface area (Å²) in [6.45, 7) is 10.5. The predicted molar refractivity (Wildman–Crippen MR) is 131 cm³/mol. The lowest BCUT2D eigenvalue weighted by Crippen LogP contribution is -2.50. The van der Waals surface area contributed by atoms with Crippen LogP contribution in [0.25, 0.3) is 0 Å². The first kappa shape index (κ1) is 26.0. The van der Waals surface area contributed by atoms with Crippen molar-refractivity contribution in [2.75, 3.05) is 23.7 Å². The number of halogens is 1. The Bertz CT molecular complexity index is 1030. The Morgan fingerprint density at radius 3 is 2.31 bits per heavy atom. The average Bonchev–Trinajstić information content (AvgIpc) is 2.70. The minimum Gasteiger partial charge on any atom is -0.492 e. The van der Waals surface area contributed by atoms with Crippen LogP contribution in [0.2, 0.25) is 5.02 Å². The molecule has 1 atom stereocenters. The lowest BCUT2D eigenvalue weighted by atomic mass is 9.87. The highest BCUT2D eigenvalue weighted by Crippen LogP contribution is 2.29. The largest absolute Gasteiger partial charge is 0.492 e. The molecule has 2 aromatic rings. The molecule has 2 aromatic carbocycles. The molecule has 0 aliphatic carbocycles. The van der Waals surface area contributed by atoms with Gasteiger partial charge in [0.1, 0.15) is 18.4 Å². The summed E-state index contributed by atoms with van der Waals surface area (Å²) in [6, 6.07) is 12.0. The maximum atomic E-state index is 12.9. The van der Waals surface area contributed by atoms with Crippen molar-refractivity contribution in [2.45, 2.75) is 52.5 Å². The molecule has 0 bridgehead atoms. The molecular formula is C24H33ClN2O4S. The van der Waals surface area contributed by atoms with Crippen LogP contribution in [0.1, 0.15) is 45.2 Å². The molecule has 0 fully saturated rings. The van der Waals surface area contributed by atoms with Crippen LogP contribution in [-0.2, 0) is 20.2 Å². The van der Waals surface area contributed by atoms with Gasteiger partial charge in [-0.3, -0.25) is 9.10 Å². The van der Waals surface area contributed by atoms with Gasteiger partial charge in [-0.15, -0.1) is 0 Å². The van der Waals surface area contributed by atoms with Gasteiger partial charge in [0.15, 0.2) is 0 Å². The molecule has 0 aliphatic heterocycles. The second-order valence-corrected chi connectivity index (χ2v) is 11.1. The zero-order valence-electron chi connectivity index (χ0n) is 19.6. The number of nitrogens with one attached hydrogen (secondary N) is 1. The summed E-state index contributed by atoms with van der Waals surface area (Å²) < 4.78 is 32.1. The Balaban J connectivity index is 2.05. The van der Waals surface area contributed by atoms with E-state index in [0.29, 0.717) is 28.4 Å². The van der Waals surface area contributed by atoms with Gasteiger partial charge in [-0.1, -0.05) is 57.5 Å². The van der Waals surface area contributed by atoms with Crippen molar-refractivity contribution in [2.24, 2.45) is 0 Å².